The number of fused-ring (bicyclic) bond motifs is 5. The Morgan fingerprint density at radius 3 is 1.80 bits per heavy atom. The van der Waals surface area contributed by atoms with Crippen LogP contribution in [0.25, 0.3) is 66.9 Å². The third kappa shape index (κ3) is 3.27. The van der Waals surface area contributed by atoms with Crippen molar-refractivity contribution in [2.75, 3.05) is 0 Å². The highest BCUT2D eigenvalue weighted by atomic mass is 16.3. The molecule has 4 heteroatoms. The van der Waals surface area contributed by atoms with Gasteiger partial charge in [-0.1, -0.05) is 103 Å². The van der Waals surface area contributed by atoms with Crippen LogP contribution in [0.2, 0.25) is 0 Å². The van der Waals surface area contributed by atoms with Crippen molar-refractivity contribution in [1.82, 2.24) is 15.0 Å². The molecule has 35 heavy (non-hydrogen) atoms. The Morgan fingerprint density at radius 2 is 1.09 bits per heavy atom. The summed E-state index contributed by atoms with van der Waals surface area (Å²) in [6, 6.07) is 38.7. The highest BCUT2D eigenvalue weighted by Crippen LogP contribution is 2.38. The van der Waals surface area contributed by atoms with Gasteiger partial charge in [0.05, 0.1) is 0 Å². The van der Waals surface area contributed by atoms with E-state index in [1.807, 2.05) is 84.9 Å². The third-order valence-electron chi connectivity index (χ3n) is 6.33. The third-order valence-corrected chi connectivity index (χ3v) is 6.33. The fraction of sp³-hybridized carbons (Fsp3) is 0. The van der Waals surface area contributed by atoms with E-state index in [-0.39, 0.29) is 0 Å². The van der Waals surface area contributed by atoms with E-state index >= 15 is 0 Å². The quantitative estimate of drug-likeness (QED) is 0.275. The van der Waals surface area contributed by atoms with E-state index in [1.165, 1.54) is 0 Å². The van der Waals surface area contributed by atoms with Gasteiger partial charge in [-0.2, -0.15) is 0 Å². The lowest BCUT2D eigenvalue weighted by molar-refractivity contribution is 0.672. The Balaban J connectivity index is 1.55. The maximum atomic E-state index is 6.39. The van der Waals surface area contributed by atoms with Gasteiger partial charge in [0.25, 0.3) is 0 Å². The summed E-state index contributed by atoms with van der Waals surface area (Å²) in [6.07, 6.45) is 0. The summed E-state index contributed by atoms with van der Waals surface area (Å²) in [5.74, 6) is 1.91. The van der Waals surface area contributed by atoms with Gasteiger partial charge >= 0.3 is 0 Å². The molecule has 7 aromatic rings. The van der Waals surface area contributed by atoms with Crippen LogP contribution in [0.4, 0.5) is 0 Å². The first-order valence-corrected chi connectivity index (χ1v) is 11.6. The van der Waals surface area contributed by atoms with Crippen LogP contribution in [0.1, 0.15) is 0 Å². The van der Waals surface area contributed by atoms with E-state index < -0.39 is 0 Å². The van der Waals surface area contributed by atoms with Gasteiger partial charge in [-0.15, -0.1) is 0 Å². The van der Waals surface area contributed by atoms with E-state index in [0.29, 0.717) is 17.5 Å². The number of rotatable bonds is 3. The molecule has 0 unspecified atom stereocenters. The van der Waals surface area contributed by atoms with Crippen LogP contribution in [0.5, 0.6) is 0 Å². The highest BCUT2D eigenvalue weighted by molar-refractivity contribution is 6.18. The molecule has 0 saturated heterocycles. The van der Waals surface area contributed by atoms with Gasteiger partial charge in [-0.05, 0) is 17.5 Å². The molecule has 164 valence electrons. The molecule has 0 saturated carbocycles. The number of nitrogens with zero attached hydrogens (tertiary/aromatic N) is 3. The largest absolute Gasteiger partial charge is 0.455 e. The second-order valence-electron chi connectivity index (χ2n) is 8.48. The van der Waals surface area contributed by atoms with Crippen molar-refractivity contribution in [3.63, 3.8) is 0 Å². The standard InChI is InChI=1S/C31H19N3O/c1-3-10-21(11-4-1)29-32-30(22-12-5-2-6-13-22)34-31(33-29)25-16-9-14-20-18-19-24-23-15-7-8-17-26(23)35-28(24)27(20)25/h1-19H. The molecule has 0 atom stereocenters. The van der Waals surface area contributed by atoms with Crippen molar-refractivity contribution in [2.24, 2.45) is 0 Å². The first kappa shape index (κ1) is 19.6. The SMILES string of the molecule is c1ccc(-c2nc(-c3ccccc3)nc(-c3cccc4ccc5c6ccccc6oc5c34)n2)cc1. The molecule has 0 aliphatic heterocycles. The van der Waals surface area contributed by atoms with Gasteiger partial charge in [0.2, 0.25) is 0 Å². The number of hydrogen-bond acceptors (Lipinski definition) is 4. The second kappa shape index (κ2) is 7.89. The van der Waals surface area contributed by atoms with Gasteiger partial charge in [0.1, 0.15) is 11.2 Å². The number of aromatic nitrogens is 3. The molecule has 0 radical (unpaired) electrons. The van der Waals surface area contributed by atoms with E-state index in [9.17, 15) is 0 Å². The summed E-state index contributed by atoms with van der Waals surface area (Å²) in [5.41, 5.74) is 4.53. The number of hydrogen-bond donors (Lipinski definition) is 0. The fourth-order valence-corrected chi connectivity index (χ4v) is 4.67. The van der Waals surface area contributed by atoms with Gasteiger partial charge in [0.15, 0.2) is 17.5 Å². The van der Waals surface area contributed by atoms with Crippen LogP contribution in [0.3, 0.4) is 0 Å². The zero-order valence-electron chi connectivity index (χ0n) is 18.7. The van der Waals surface area contributed by atoms with Crippen LogP contribution in [0, 0.1) is 0 Å². The Bertz CT molecular complexity index is 1780. The summed E-state index contributed by atoms with van der Waals surface area (Å²) in [7, 11) is 0. The van der Waals surface area contributed by atoms with Crippen LogP contribution in [-0.4, -0.2) is 15.0 Å². The van der Waals surface area contributed by atoms with E-state index in [4.69, 9.17) is 19.4 Å². The molecule has 2 aromatic heterocycles. The zero-order chi connectivity index (χ0) is 23.2. The summed E-state index contributed by atoms with van der Waals surface area (Å²) in [4.78, 5) is 14.7. The molecule has 0 aliphatic rings. The minimum atomic E-state index is 0.622. The van der Waals surface area contributed by atoms with Gasteiger partial charge in [0, 0.05) is 32.8 Å². The van der Waals surface area contributed by atoms with Crippen molar-refractivity contribution >= 4 is 32.7 Å². The molecule has 4 nitrogen and oxygen atoms in total. The smallest absolute Gasteiger partial charge is 0.164 e. The Labute approximate surface area is 201 Å². The number of benzene rings is 5. The number of furan rings is 1. The van der Waals surface area contributed by atoms with Gasteiger partial charge < -0.3 is 4.42 Å². The lowest BCUT2D eigenvalue weighted by Gasteiger charge is -2.10. The summed E-state index contributed by atoms with van der Waals surface area (Å²) < 4.78 is 6.39. The fourth-order valence-electron chi connectivity index (χ4n) is 4.67. The lowest BCUT2D eigenvalue weighted by atomic mass is 10.0. The molecule has 0 fully saturated rings. The van der Waals surface area contributed by atoms with E-state index in [1.54, 1.807) is 0 Å². The molecule has 0 aliphatic carbocycles. The minimum absolute atomic E-state index is 0.622. The summed E-state index contributed by atoms with van der Waals surface area (Å²) in [6.45, 7) is 0. The number of para-hydroxylation sites is 1. The molecule has 0 spiro atoms. The van der Waals surface area contributed by atoms with Crippen molar-refractivity contribution in [2.45, 2.75) is 0 Å². The van der Waals surface area contributed by atoms with Crippen molar-refractivity contribution in [1.29, 1.82) is 0 Å². The van der Waals surface area contributed by atoms with Crippen LogP contribution < -0.4 is 0 Å². The van der Waals surface area contributed by atoms with E-state index in [0.717, 1.165) is 49.4 Å². The lowest BCUT2D eigenvalue weighted by Crippen LogP contribution is -2.00. The molecular formula is C31H19N3O. The van der Waals surface area contributed by atoms with E-state index in [2.05, 4.69) is 30.3 Å². The average molecular weight is 450 g/mol. The summed E-state index contributed by atoms with van der Waals surface area (Å²) >= 11 is 0. The normalized spacial score (nSPS) is 11.4. The first-order chi connectivity index (χ1) is 17.3. The van der Waals surface area contributed by atoms with Crippen molar-refractivity contribution in [3.8, 4) is 34.2 Å². The summed E-state index contributed by atoms with van der Waals surface area (Å²) in [5, 5.41) is 4.27. The van der Waals surface area contributed by atoms with Gasteiger partial charge in [-0.25, -0.2) is 15.0 Å². The van der Waals surface area contributed by atoms with Crippen LogP contribution in [-0.2, 0) is 0 Å². The Hall–Kier alpha value is -4.83. The minimum Gasteiger partial charge on any atom is -0.455 e. The molecule has 2 heterocycles. The molecule has 5 aromatic carbocycles. The Kier molecular flexibility index (Phi) is 4.42. The monoisotopic (exact) mass is 449 g/mol. The predicted octanol–water partition coefficient (Wildman–Crippen LogP) is 7.93. The topological polar surface area (TPSA) is 51.8 Å². The Morgan fingerprint density at radius 1 is 0.457 bits per heavy atom. The predicted molar refractivity (Wildman–Crippen MR) is 141 cm³/mol. The first-order valence-electron chi connectivity index (χ1n) is 11.6. The maximum Gasteiger partial charge on any atom is 0.164 e. The van der Waals surface area contributed by atoms with Crippen molar-refractivity contribution < 1.29 is 4.42 Å². The molecule has 0 amide bonds. The molecule has 0 N–H and O–H groups in total. The highest BCUT2D eigenvalue weighted by Gasteiger charge is 2.17. The average Bonchev–Trinajstić information content (AvgIpc) is 3.32. The van der Waals surface area contributed by atoms with Crippen molar-refractivity contribution in [3.05, 3.63) is 115 Å². The van der Waals surface area contributed by atoms with Crippen LogP contribution in [0.15, 0.2) is 120 Å². The molecule has 7 rings (SSSR count). The molecular weight excluding hydrogens is 430 g/mol. The second-order valence-corrected chi connectivity index (χ2v) is 8.48. The van der Waals surface area contributed by atoms with Gasteiger partial charge in [-0.3, -0.25) is 0 Å². The van der Waals surface area contributed by atoms with Crippen LogP contribution >= 0.6 is 0 Å². The maximum absolute atomic E-state index is 6.39. The zero-order valence-corrected chi connectivity index (χ0v) is 18.7. The molecule has 0 bridgehead atoms.